The molecule has 0 aliphatic heterocycles. The van der Waals surface area contributed by atoms with Crippen molar-refractivity contribution in [2.24, 2.45) is 0 Å². The van der Waals surface area contributed by atoms with Crippen molar-refractivity contribution < 1.29 is 9.47 Å². The normalized spacial score (nSPS) is 11.3. The third-order valence-corrected chi connectivity index (χ3v) is 3.70. The minimum atomic E-state index is 0.0788. The van der Waals surface area contributed by atoms with E-state index in [0.29, 0.717) is 34.9 Å². The molecule has 0 spiro atoms. The van der Waals surface area contributed by atoms with Crippen LogP contribution in [0.4, 0.5) is 0 Å². The first-order chi connectivity index (χ1) is 10.4. The standard InChI is InChI=1S/C17H19Cl2NO2/c1-17(2,3)12-7-8-15(20-11-12)21-9-10-22-16-13(18)5-4-6-14(16)19/h4-8,11H,9-10H2,1-3H3. The number of hydrogen-bond donors (Lipinski definition) is 0. The lowest BCUT2D eigenvalue weighted by Gasteiger charge is -2.18. The van der Waals surface area contributed by atoms with Crippen LogP contribution in [-0.4, -0.2) is 18.2 Å². The molecule has 0 aliphatic rings. The van der Waals surface area contributed by atoms with Gasteiger partial charge in [0.1, 0.15) is 13.2 Å². The van der Waals surface area contributed by atoms with Gasteiger partial charge in [-0.1, -0.05) is 56.1 Å². The molecule has 2 aromatic rings. The van der Waals surface area contributed by atoms with Crippen molar-refractivity contribution in [3.05, 3.63) is 52.1 Å². The maximum atomic E-state index is 6.02. The Morgan fingerprint density at radius 1 is 0.955 bits per heavy atom. The van der Waals surface area contributed by atoms with Crippen molar-refractivity contribution in [3.63, 3.8) is 0 Å². The molecule has 0 saturated carbocycles. The highest BCUT2D eigenvalue weighted by Crippen LogP contribution is 2.32. The molecule has 5 heteroatoms. The van der Waals surface area contributed by atoms with E-state index in [9.17, 15) is 0 Å². The van der Waals surface area contributed by atoms with Crippen molar-refractivity contribution in [1.82, 2.24) is 4.98 Å². The van der Waals surface area contributed by atoms with Gasteiger partial charge in [0.2, 0.25) is 5.88 Å². The second kappa shape index (κ2) is 7.21. The molecule has 1 heterocycles. The molecule has 3 nitrogen and oxygen atoms in total. The number of aromatic nitrogens is 1. The lowest BCUT2D eigenvalue weighted by atomic mass is 9.88. The van der Waals surface area contributed by atoms with Crippen LogP contribution in [0.15, 0.2) is 36.5 Å². The second-order valence-electron chi connectivity index (χ2n) is 5.88. The van der Waals surface area contributed by atoms with Crippen LogP contribution >= 0.6 is 23.2 Å². The molecule has 0 N–H and O–H groups in total. The van der Waals surface area contributed by atoms with Crippen molar-refractivity contribution >= 4 is 23.2 Å². The SMILES string of the molecule is CC(C)(C)c1ccc(OCCOc2c(Cl)cccc2Cl)nc1. The molecule has 0 aliphatic carbocycles. The average Bonchev–Trinajstić information content (AvgIpc) is 2.45. The molecule has 0 bridgehead atoms. The van der Waals surface area contributed by atoms with Gasteiger partial charge in [-0.3, -0.25) is 0 Å². The van der Waals surface area contributed by atoms with Gasteiger partial charge in [0.15, 0.2) is 5.75 Å². The van der Waals surface area contributed by atoms with Gasteiger partial charge in [0.25, 0.3) is 0 Å². The van der Waals surface area contributed by atoms with E-state index in [0.717, 1.165) is 0 Å². The topological polar surface area (TPSA) is 31.4 Å². The molecule has 0 radical (unpaired) electrons. The summed E-state index contributed by atoms with van der Waals surface area (Å²) in [5.41, 5.74) is 1.24. The second-order valence-corrected chi connectivity index (χ2v) is 6.70. The Morgan fingerprint density at radius 2 is 1.59 bits per heavy atom. The Morgan fingerprint density at radius 3 is 2.14 bits per heavy atom. The summed E-state index contributed by atoms with van der Waals surface area (Å²) in [5.74, 6) is 1.05. The minimum absolute atomic E-state index is 0.0788. The van der Waals surface area contributed by atoms with Gasteiger partial charge in [-0.15, -0.1) is 0 Å². The lowest BCUT2D eigenvalue weighted by Crippen LogP contribution is -2.13. The van der Waals surface area contributed by atoms with E-state index in [1.54, 1.807) is 18.2 Å². The van der Waals surface area contributed by atoms with Crippen LogP contribution in [0, 0.1) is 0 Å². The maximum Gasteiger partial charge on any atom is 0.213 e. The summed E-state index contributed by atoms with van der Waals surface area (Å²) < 4.78 is 11.1. The zero-order chi connectivity index (χ0) is 16.2. The fraction of sp³-hybridized carbons (Fsp3) is 0.353. The molecule has 0 amide bonds. The van der Waals surface area contributed by atoms with Crippen LogP contribution in [0.3, 0.4) is 0 Å². The molecule has 2 rings (SSSR count). The lowest BCUT2D eigenvalue weighted by molar-refractivity contribution is 0.212. The van der Waals surface area contributed by atoms with Crippen molar-refractivity contribution in [2.75, 3.05) is 13.2 Å². The summed E-state index contributed by atoms with van der Waals surface area (Å²) in [4.78, 5) is 4.29. The molecule has 0 saturated heterocycles. The number of nitrogens with zero attached hydrogens (tertiary/aromatic N) is 1. The highest BCUT2D eigenvalue weighted by Gasteiger charge is 2.13. The van der Waals surface area contributed by atoms with E-state index in [1.165, 1.54) is 5.56 Å². The zero-order valence-electron chi connectivity index (χ0n) is 12.9. The molecular weight excluding hydrogens is 321 g/mol. The highest BCUT2D eigenvalue weighted by atomic mass is 35.5. The number of benzene rings is 1. The fourth-order valence-electron chi connectivity index (χ4n) is 1.82. The number of halogens is 2. The van der Waals surface area contributed by atoms with Gasteiger partial charge >= 0.3 is 0 Å². The summed E-state index contributed by atoms with van der Waals surface area (Å²) in [6.07, 6.45) is 1.83. The van der Waals surface area contributed by atoms with Crippen molar-refractivity contribution in [3.8, 4) is 11.6 Å². The van der Waals surface area contributed by atoms with E-state index in [2.05, 4.69) is 25.8 Å². The predicted molar refractivity (Wildman–Crippen MR) is 90.4 cm³/mol. The number of ether oxygens (including phenoxy) is 2. The Labute approximate surface area is 141 Å². The molecule has 1 aromatic heterocycles. The summed E-state index contributed by atoms with van der Waals surface area (Å²) in [6, 6.07) is 9.12. The number of rotatable bonds is 5. The Balaban J connectivity index is 1.84. The van der Waals surface area contributed by atoms with E-state index in [-0.39, 0.29) is 5.41 Å². The van der Waals surface area contributed by atoms with Crippen LogP contribution in [0.1, 0.15) is 26.3 Å². The van der Waals surface area contributed by atoms with Crippen molar-refractivity contribution in [1.29, 1.82) is 0 Å². The first-order valence-corrected chi connectivity index (χ1v) is 7.79. The minimum Gasteiger partial charge on any atom is -0.487 e. The summed E-state index contributed by atoms with van der Waals surface area (Å²) in [6.45, 7) is 7.14. The molecule has 22 heavy (non-hydrogen) atoms. The van der Waals surface area contributed by atoms with E-state index >= 15 is 0 Å². The average molecular weight is 340 g/mol. The smallest absolute Gasteiger partial charge is 0.213 e. The van der Waals surface area contributed by atoms with E-state index < -0.39 is 0 Å². The Bertz CT molecular complexity index is 601. The van der Waals surface area contributed by atoms with Crippen LogP contribution in [-0.2, 0) is 5.41 Å². The van der Waals surface area contributed by atoms with Crippen LogP contribution in [0.5, 0.6) is 11.6 Å². The molecule has 0 unspecified atom stereocenters. The van der Waals surface area contributed by atoms with E-state index in [1.807, 2.05) is 18.3 Å². The summed E-state index contributed by atoms with van der Waals surface area (Å²) in [5, 5.41) is 0.973. The van der Waals surface area contributed by atoms with Gasteiger partial charge in [0, 0.05) is 12.3 Å². The van der Waals surface area contributed by atoms with Gasteiger partial charge < -0.3 is 9.47 Å². The summed E-state index contributed by atoms with van der Waals surface area (Å²) in [7, 11) is 0. The van der Waals surface area contributed by atoms with Gasteiger partial charge in [-0.05, 0) is 23.1 Å². The van der Waals surface area contributed by atoms with Gasteiger partial charge in [0.05, 0.1) is 10.0 Å². The third kappa shape index (κ3) is 4.52. The Hall–Kier alpha value is -1.45. The number of para-hydroxylation sites is 1. The van der Waals surface area contributed by atoms with Crippen LogP contribution in [0.25, 0.3) is 0 Å². The monoisotopic (exact) mass is 339 g/mol. The third-order valence-electron chi connectivity index (χ3n) is 3.10. The predicted octanol–water partition coefficient (Wildman–Crippen LogP) is 5.14. The largest absolute Gasteiger partial charge is 0.487 e. The Kier molecular flexibility index (Phi) is 5.54. The van der Waals surface area contributed by atoms with Crippen LogP contribution in [0.2, 0.25) is 10.0 Å². The molecular formula is C17H19Cl2NO2. The zero-order valence-corrected chi connectivity index (χ0v) is 14.4. The number of hydrogen-bond acceptors (Lipinski definition) is 3. The summed E-state index contributed by atoms with van der Waals surface area (Å²) >= 11 is 12.0. The van der Waals surface area contributed by atoms with Gasteiger partial charge in [-0.25, -0.2) is 4.98 Å². The molecule has 0 fully saturated rings. The number of pyridine rings is 1. The first-order valence-electron chi connectivity index (χ1n) is 7.04. The maximum absolute atomic E-state index is 6.02. The van der Waals surface area contributed by atoms with Crippen LogP contribution < -0.4 is 9.47 Å². The molecule has 0 atom stereocenters. The highest BCUT2D eigenvalue weighted by molar-refractivity contribution is 6.37. The molecule has 1 aromatic carbocycles. The quantitative estimate of drug-likeness (QED) is 0.706. The molecule has 118 valence electrons. The fourth-order valence-corrected chi connectivity index (χ4v) is 2.33. The van der Waals surface area contributed by atoms with E-state index in [4.69, 9.17) is 32.7 Å². The van der Waals surface area contributed by atoms with Crippen molar-refractivity contribution in [2.45, 2.75) is 26.2 Å². The first kappa shape index (κ1) is 16.9. The van der Waals surface area contributed by atoms with Gasteiger partial charge in [-0.2, -0.15) is 0 Å².